The Morgan fingerprint density at radius 1 is 1.19 bits per heavy atom. The summed E-state index contributed by atoms with van der Waals surface area (Å²) >= 11 is 1.31. The van der Waals surface area contributed by atoms with Gasteiger partial charge in [-0.15, -0.1) is 0 Å². The molecule has 2 amide bonds. The van der Waals surface area contributed by atoms with Crippen LogP contribution in [0, 0.1) is 5.92 Å². The summed E-state index contributed by atoms with van der Waals surface area (Å²) in [5.41, 5.74) is 0. The normalized spacial score (nSPS) is 18.7. The van der Waals surface area contributed by atoms with Crippen molar-refractivity contribution < 1.29 is 9.59 Å². The molecule has 1 N–H and O–H groups in total. The number of hydrogen-bond acceptors (Lipinski definition) is 4. The van der Waals surface area contributed by atoms with Gasteiger partial charge in [0.1, 0.15) is 0 Å². The molecule has 0 aromatic heterocycles. The number of nitrogens with zero attached hydrogens (tertiary/aromatic N) is 2. The lowest BCUT2D eigenvalue weighted by molar-refractivity contribution is -0.109. The Balaban J connectivity index is 1.73. The molecule has 0 atom stereocenters. The third kappa shape index (κ3) is 8.58. The molecular formula is C20H35N3O2S. The Hall–Kier alpha value is -1.01. The number of thioether (sulfide) groups is 1. The number of nitrogens with one attached hydrogen (secondary N) is 1. The van der Waals surface area contributed by atoms with Crippen molar-refractivity contribution in [1.82, 2.24) is 15.1 Å². The van der Waals surface area contributed by atoms with Gasteiger partial charge in [0.15, 0.2) is 5.12 Å². The predicted molar refractivity (Wildman–Crippen MR) is 109 cm³/mol. The second-order valence-corrected chi connectivity index (χ2v) is 8.68. The molecule has 2 rings (SSSR count). The molecule has 1 heterocycles. The molecule has 5 nitrogen and oxygen atoms in total. The zero-order valence-corrected chi connectivity index (χ0v) is 17.1. The molecule has 1 aliphatic heterocycles. The average Bonchev–Trinajstić information content (AvgIpc) is 2.66. The zero-order valence-electron chi connectivity index (χ0n) is 16.3. The van der Waals surface area contributed by atoms with Crippen molar-refractivity contribution in [2.45, 2.75) is 51.9 Å². The Bertz CT molecular complexity index is 464. The largest absolute Gasteiger partial charge is 0.337 e. The molecule has 0 aromatic carbocycles. The van der Waals surface area contributed by atoms with Gasteiger partial charge in [-0.25, -0.2) is 4.79 Å². The van der Waals surface area contributed by atoms with E-state index in [1.54, 1.807) is 6.92 Å². The molecular weight excluding hydrogens is 346 g/mol. The number of hydrogen-bond donors (Lipinski definition) is 1. The highest BCUT2D eigenvalue weighted by Gasteiger charge is 2.18. The van der Waals surface area contributed by atoms with Crippen LogP contribution in [0.4, 0.5) is 4.79 Å². The van der Waals surface area contributed by atoms with E-state index < -0.39 is 0 Å². The van der Waals surface area contributed by atoms with E-state index in [9.17, 15) is 9.59 Å². The van der Waals surface area contributed by atoms with Crippen LogP contribution in [0.15, 0.2) is 12.2 Å². The zero-order chi connectivity index (χ0) is 18.6. The lowest BCUT2D eigenvalue weighted by atomic mass is 9.87. The SMILES string of the molecule is CC(=O)SCCN(CCC1CCCCC1)C(=O)NCCN1CC=CCC1. The second-order valence-electron chi connectivity index (χ2n) is 7.41. The first kappa shape index (κ1) is 21.3. The third-order valence-electron chi connectivity index (χ3n) is 5.33. The van der Waals surface area contributed by atoms with Crippen molar-refractivity contribution in [2.24, 2.45) is 5.92 Å². The van der Waals surface area contributed by atoms with E-state index >= 15 is 0 Å². The lowest BCUT2D eigenvalue weighted by Gasteiger charge is -2.28. The molecule has 0 unspecified atom stereocenters. The summed E-state index contributed by atoms with van der Waals surface area (Å²) in [7, 11) is 0. The van der Waals surface area contributed by atoms with Gasteiger partial charge >= 0.3 is 6.03 Å². The van der Waals surface area contributed by atoms with Crippen molar-refractivity contribution in [3.05, 3.63) is 12.2 Å². The topological polar surface area (TPSA) is 52.7 Å². The van der Waals surface area contributed by atoms with E-state index in [4.69, 9.17) is 0 Å². The van der Waals surface area contributed by atoms with Crippen LogP contribution in [0.25, 0.3) is 0 Å². The van der Waals surface area contributed by atoms with Crippen LogP contribution in [-0.2, 0) is 4.79 Å². The van der Waals surface area contributed by atoms with E-state index in [0.29, 0.717) is 18.8 Å². The number of amides is 2. The fraction of sp³-hybridized carbons (Fsp3) is 0.800. The first-order chi connectivity index (χ1) is 12.6. The van der Waals surface area contributed by atoms with Gasteiger partial charge in [0, 0.05) is 51.9 Å². The summed E-state index contributed by atoms with van der Waals surface area (Å²) in [5, 5.41) is 3.20. The van der Waals surface area contributed by atoms with Gasteiger partial charge in [-0.05, 0) is 18.8 Å². The van der Waals surface area contributed by atoms with Gasteiger partial charge in [-0.3, -0.25) is 9.69 Å². The monoisotopic (exact) mass is 381 g/mol. The Morgan fingerprint density at radius 2 is 2.00 bits per heavy atom. The Labute approximate surface area is 162 Å². The first-order valence-corrected chi connectivity index (χ1v) is 11.2. The summed E-state index contributed by atoms with van der Waals surface area (Å²) in [4.78, 5) is 28.1. The molecule has 0 spiro atoms. The second kappa shape index (κ2) is 12.4. The highest BCUT2D eigenvalue weighted by molar-refractivity contribution is 8.13. The molecule has 148 valence electrons. The summed E-state index contributed by atoms with van der Waals surface area (Å²) in [6, 6.07) is 0.0255. The number of rotatable bonds is 9. The Morgan fingerprint density at radius 3 is 2.69 bits per heavy atom. The van der Waals surface area contributed by atoms with Crippen LogP contribution in [0.2, 0.25) is 0 Å². The van der Waals surface area contributed by atoms with Gasteiger partial charge in [0.05, 0.1) is 0 Å². The molecule has 0 aromatic rings. The van der Waals surface area contributed by atoms with Gasteiger partial charge in [-0.2, -0.15) is 0 Å². The van der Waals surface area contributed by atoms with Gasteiger partial charge < -0.3 is 10.2 Å². The number of carbonyl (C=O) groups excluding carboxylic acids is 2. The minimum absolute atomic E-state index is 0.0255. The number of carbonyl (C=O) groups is 2. The summed E-state index contributed by atoms with van der Waals surface area (Å²) in [6.07, 6.45) is 13.2. The minimum atomic E-state index is 0.0255. The van der Waals surface area contributed by atoms with E-state index in [0.717, 1.165) is 44.9 Å². The first-order valence-electron chi connectivity index (χ1n) is 10.2. The van der Waals surface area contributed by atoms with Crippen LogP contribution in [0.1, 0.15) is 51.9 Å². The molecule has 1 saturated carbocycles. The summed E-state index contributed by atoms with van der Waals surface area (Å²) < 4.78 is 0. The lowest BCUT2D eigenvalue weighted by Crippen LogP contribution is -2.45. The standard InChI is InChI=1S/C20H35N3O2S/c1-18(24)26-17-16-23(14-10-19-8-4-2-5-9-19)20(25)21-11-15-22-12-6-3-7-13-22/h3,6,19H,2,4-5,7-17H2,1H3,(H,21,25). The van der Waals surface area contributed by atoms with Crippen LogP contribution in [0.3, 0.4) is 0 Å². The summed E-state index contributed by atoms with van der Waals surface area (Å²) in [5.74, 6) is 1.45. The maximum absolute atomic E-state index is 12.6. The van der Waals surface area contributed by atoms with Crippen molar-refractivity contribution in [3.63, 3.8) is 0 Å². The maximum Gasteiger partial charge on any atom is 0.317 e. The quantitative estimate of drug-likeness (QED) is 0.621. The van der Waals surface area contributed by atoms with Crippen LogP contribution < -0.4 is 5.32 Å². The molecule has 6 heteroatoms. The van der Waals surface area contributed by atoms with E-state index in [1.165, 1.54) is 43.9 Å². The number of urea groups is 1. The highest BCUT2D eigenvalue weighted by Crippen LogP contribution is 2.26. The third-order valence-corrected chi connectivity index (χ3v) is 6.13. The fourth-order valence-corrected chi connectivity index (χ4v) is 4.35. The van der Waals surface area contributed by atoms with Crippen LogP contribution >= 0.6 is 11.8 Å². The van der Waals surface area contributed by atoms with Crippen molar-refractivity contribution in [2.75, 3.05) is 45.0 Å². The van der Waals surface area contributed by atoms with Crippen LogP contribution in [0.5, 0.6) is 0 Å². The highest BCUT2D eigenvalue weighted by atomic mass is 32.2. The molecule has 0 bridgehead atoms. The van der Waals surface area contributed by atoms with E-state index in [2.05, 4.69) is 22.4 Å². The molecule has 1 fully saturated rings. The van der Waals surface area contributed by atoms with Crippen molar-refractivity contribution in [3.8, 4) is 0 Å². The molecule has 1 aliphatic carbocycles. The predicted octanol–water partition coefficient (Wildman–Crippen LogP) is 3.51. The summed E-state index contributed by atoms with van der Waals surface area (Å²) in [6.45, 7) is 6.69. The van der Waals surface area contributed by atoms with E-state index in [1.807, 2.05) is 4.90 Å². The minimum Gasteiger partial charge on any atom is -0.337 e. The molecule has 2 aliphatic rings. The fourth-order valence-electron chi connectivity index (χ4n) is 3.75. The molecule has 26 heavy (non-hydrogen) atoms. The molecule has 0 radical (unpaired) electrons. The van der Waals surface area contributed by atoms with Gasteiger partial charge in [-0.1, -0.05) is 56.0 Å². The van der Waals surface area contributed by atoms with Gasteiger partial charge in [0.2, 0.25) is 0 Å². The van der Waals surface area contributed by atoms with Crippen molar-refractivity contribution >= 4 is 22.9 Å². The average molecular weight is 382 g/mol. The Kier molecular flexibility index (Phi) is 10.1. The maximum atomic E-state index is 12.6. The van der Waals surface area contributed by atoms with Crippen LogP contribution in [-0.4, -0.2) is 66.0 Å². The molecule has 0 saturated heterocycles. The smallest absolute Gasteiger partial charge is 0.317 e. The van der Waals surface area contributed by atoms with Crippen molar-refractivity contribution in [1.29, 1.82) is 0 Å². The van der Waals surface area contributed by atoms with Gasteiger partial charge in [0.25, 0.3) is 0 Å². The van der Waals surface area contributed by atoms with E-state index in [-0.39, 0.29) is 11.1 Å².